The largest absolute Gasteiger partial charge is 0.396 e. The van der Waals surface area contributed by atoms with Gasteiger partial charge in [-0.2, -0.15) is 0 Å². The third kappa shape index (κ3) is 9.57. The summed E-state index contributed by atoms with van der Waals surface area (Å²) in [5.74, 6) is 0. The van der Waals surface area contributed by atoms with Gasteiger partial charge in [-0.1, -0.05) is 32.6 Å². The normalized spacial score (nSPS) is 14.8. The number of hydrogen-bond acceptors (Lipinski definition) is 3. The minimum atomic E-state index is 0.223. The van der Waals surface area contributed by atoms with E-state index in [0.29, 0.717) is 6.10 Å². The first-order valence-corrected chi connectivity index (χ1v) is 6.94. The Morgan fingerprint density at radius 2 is 1.35 bits per heavy atom. The van der Waals surface area contributed by atoms with Crippen molar-refractivity contribution >= 4 is 0 Å². The molecule has 0 aromatic heterocycles. The second-order valence-electron chi connectivity index (χ2n) is 4.65. The van der Waals surface area contributed by atoms with E-state index in [4.69, 9.17) is 14.6 Å². The van der Waals surface area contributed by atoms with Gasteiger partial charge in [-0.25, -0.2) is 0 Å². The number of aliphatic hydroxyl groups is 1. The molecule has 2 atom stereocenters. The van der Waals surface area contributed by atoms with Crippen LogP contribution in [-0.2, 0) is 9.47 Å². The average molecular weight is 246 g/mol. The van der Waals surface area contributed by atoms with Gasteiger partial charge in [0.05, 0.1) is 12.2 Å². The van der Waals surface area contributed by atoms with Crippen molar-refractivity contribution in [2.45, 2.75) is 70.5 Å². The molecule has 0 aliphatic heterocycles. The van der Waals surface area contributed by atoms with E-state index in [9.17, 15) is 0 Å². The summed E-state index contributed by atoms with van der Waals surface area (Å²) >= 11 is 0. The fourth-order valence-electron chi connectivity index (χ4n) is 2.15. The standard InChI is InChI=1S/C14H30O3/c1-4-8-13(16-2)9-6-5-7-10-14(17-3)11-12-15/h13-15H,4-12H2,1-3H3/t13-,14-/m1/s1. The van der Waals surface area contributed by atoms with Gasteiger partial charge in [-0.15, -0.1) is 0 Å². The Labute approximate surface area is 107 Å². The highest BCUT2D eigenvalue weighted by molar-refractivity contribution is 4.60. The van der Waals surface area contributed by atoms with Gasteiger partial charge in [-0.3, -0.25) is 0 Å². The van der Waals surface area contributed by atoms with Crippen LogP contribution in [-0.4, -0.2) is 38.1 Å². The summed E-state index contributed by atoms with van der Waals surface area (Å²) in [5, 5.41) is 8.84. The first-order chi connectivity index (χ1) is 8.28. The number of aliphatic hydroxyl groups excluding tert-OH is 1. The zero-order chi connectivity index (χ0) is 12.9. The maximum atomic E-state index is 8.84. The Morgan fingerprint density at radius 3 is 1.76 bits per heavy atom. The van der Waals surface area contributed by atoms with Crippen LogP contribution in [0.2, 0.25) is 0 Å². The summed E-state index contributed by atoms with van der Waals surface area (Å²) in [6.45, 7) is 2.42. The quantitative estimate of drug-likeness (QED) is 0.538. The smallest absolute Gasteiger partial charge is 0.0593 e. The van der Waals surface area contributed by atoms with Gasteiger partial charge >= 0.3 is 0 Å². The molecule has 3 nitrogen and oxygen atoms in total. The molecule has 0 aromatic rings. The molecule has 0 rings (SSSR count). The van der Waals surface area contributed by atoms with Crippen molar-refractivity contribution in [1.82, 2.24) is 0 Å². The predicted octanol–water partition coefficient (Wildman–Crippen LogP) is 3.15. The van der Waals surface area contributed by atoms with Crippen molar-refractivity contribution < 1.29 is 14.6 Å². The van der Waals surface area contributed by atoms with Crippen LogP contribution < -0.4 is 0 Å². The van der Waals surface area contributed by atoms with Crippen molar-refractivity contribution in [1.29, 1.82) is 0 Å². The maximum Gasteiger partial charge on any atom is 0.0593 e. The fourth-order valence-corrected chi connectivity index (χ4v) is 2.15. The van der Waals surface area contributed by atoms with Crippen LogP contribution in [0.25, 0.3) is 0 Å². The zero-order valence-electron chi connectivity index (χ0n) is 11.8. The van der Waals surface area contributed by atoms with Crippen LogP contribution >= 0.6 is 0 Å². The van der Waals surface area contributed by atoms with E-state index >= 15 is 0 Å². The lowest BCUT2D eigenvalue weighted by Gasteiger charge is -2.15. The maximum absolute atomic E-state index is 8.84. The molecular weight excluding hydrogens is 216 g/mol. The summed E-state index contributed by atoms with van der Waals surface area (Å²) in [6.07, 6.45) is 9.66. The summed E-state index contributed by atoms with van der Waals surface area (Å²) < 4.78 is 10.7. The lowest BCUT2D eigenvalue weighted by molar-refractivity contribution is 0.0673. The molecule has 0 radical (unpaired) electrons. The molecule has 0 bridgehead atoms. The van der Waals surface area contributed by atoms with Crippen LogP contribution in [0, 0.1) is 0 Å². The number of ether oxygens (including phenoxy) is 2. The van der Waals surface area contributed by atoms with Gasteiger partial charge in [0.25, 0.3) is 0 Å². The molecule has 0 heterocycles. The van der Waals surface area contributed by atoms with Gasteiger partial charge in [0.15, 0.2) is 0 Å². The molecule has 0 aliphatic carbocycles. The van der Waals surface area contributed by atoms with Crippen molar-refractivity contribution in [2.75, 3.05) is 20.8 Å². The van der Waals surface area contributed by atoms with Gasteiger partial charge in [0, 0.05) is 20.8 Å². The lowest BCUT2D eigenvalue weighted by atomic mass is 10.0. The molecule has 0 fully saturated rings. The van der Waals surface area contributed by atoms with Gasteiger partial charge < -0.3 is 14.6 Å². The second kappa shape index (κ2) is 12.3. The third-order valence-corrected chi connectivity index (χ3v) is 3.28. The van der Waals surface area contributed by atoms with Crippen molar-refractivity contribution in [3.8, 4) is 0 Å². The third-order valence-electron chi connectivity index (χ3n) is 3.28. The van der Waals surface area contributed by atoms with Gasteiger partial charge in [-0.05, 0) is 25.7 Å². The van der Waals surface area contributed by atoms with Crippen molar-refractivity contribution in [2.24, 2.45) is 0 Å². The number of rotatable bonds is 12. The van der Waals surface area contributed by atoms with E-state index in [1.165, 1.54) is 38.5 Å². The van der Waals surface area contributed by atoms with Crippen LogP contribution in [0.1, 0.15) is 58.3 Å². The summed E-state index contributed by atoms with van der Waals surface area (Å²) in [4.78, 5) is 0. The van der Waals surface area contributed by atoms with Crippen molar-refractivity contribution in [3.05, 3.63) is 0 Å². The van der Waals surface area contributed by atoms with E-state index in [-0.39, 0.29) is 12.7 Å². The molecule has 0 unspecified atom stereocenters. The average Bonchev–Trinajstić information content (AvgIpc) is 2.35. The van der Waals surface area contributed by atoms with E-state index in [1.807, 2.05) is 7.11 Å². The van der Waals surface area contributed by atoms with E-state index < -0.39 is 0 Å². The lowest BCUT2D eigenvalue weighted by Crippen LogP contribution is -2.12. The summed E-state index contributed by atoms with van der Waals surface area (Å²) in [6, 6.07) is 0. The Balaban J connectivity index is 3.43. The number of methoxy groups -OCH3 is 2. The molecular formula is C14H30O3. The summed E-state index contributed by atoms with van der Waals surface area (Å²) in [7, 11) is 3.53. The Kier molecular flexibility index (Phi) is 12.3. The highest BCUT2D eigenvalue weighted by Gasteiger charge is 2.07. The van der Waals surface area contributed by atoms with Gasteiger partial charge in [0.1, 0.15) is 0 Å². The van der Waals surface area contributed by atoms with Gasteiger partial charge in [0.2, 0.25) is 0 Å². The minimum Gasteiger partial charge on any atom is -0.396 e. The van der Waals surface area contributed by atoms with Crippen LogP contribution in [0.15, 0.2) is 0 Å². The Morgan fingerprint density at radius 1 is 0.824 bits per heavy atom. The molecule has 0 aromatic carbocycles. The molecule has 0 saturated heterocycles. The Hall–Kier alpha value is -0.120. The minimum absolute atomic E-state index is 0.223. The predicted molar refractivity (Wildman–Crippen MR) is 71.3 cm³/mol. The molecule has 3 heteroatoms. The molecule has 0 saturated carbocycles. The van der Waals surface area contributed by atoms with E-state index in [1.54, 1.807) is 7.11 Å². The molecule has 17 heavy (non-hydrogen) atoms. The molecule has 0 amide bonds. The first-order valence-electron chi connectivity index (χ1n) is 6.94. The zero-order valence-corrected chi connectivity index (χ0v) is 11.8. The SMILES string of the molecule is CCC[C@H](CCCCC[C@H](CCO)OC)OC. The molecule has 0 aliphatic rings. The summed E-state index contributed by atoms with van der Waals surface area (Å²) in [5.41, 5.74) is 0. The Bertz CT molecular complexity index is 134. The number of hydrogen-bond donors (Lipinski definition) is 1. The molecule has 104 valence electrons. The highest BCUT2D eigenvalue weighted by atomic mass is 16.5. The van der Waals surface area contributed by atoms with Crippen molar-refractivity contribution in [3.63, 3.8) is 0 Å². The highest BCUT2D eigenvalue weighted by Crippen LogP contribution is 2.14. The van der Waals surface area contributed by atoms with E-state index in [0.717, 1.165) is 12.8 Å². The van der Waals surface area contributed by atoms with Crippen LogP contribution in [0.5, 0.6) is 0 Å². The fraction of sp³-hybridized carbons (Fsp3) is 1.00. The molecule has 1 N–H and O–H groups in total. The topological polar surface area (TPSA) is 38.7 Å². The van der Waals surface area contributed by atoms with E-state index in [2.05, 4.69) is 6.92 Å². The number of unbranched alkanes of at least 4 members (excludes halogenated alkanes) is 2. The first kappa shape index (κ1) is 16.9. The monoisotopic (exact) mass is 246 g/mol. The second-order valence-corrected chi connectivity index (χ2v) is 4.65. The molecule has 0 spiro atoms. The van der Waals surface area contributed by atoms with Crippen LogP contribution in [0.4, 0.5) is 0 Å². The van der Waals surface area contributed by atoms with Crippen LogP contribution in [0.3, 0.4) is 0 Å².